The topological polar surface area (TPSA) is 58.6 Å². The average molecular weight is 189 g/mol. The van der Waals surface area contributed by atoms with Gasteiger partial charge in [0.1, 0.15) is 0 Å². The fourth-order valence-corrected chi connectivity index (χ4v) is 0.845. The summed E-state index contributed by atoms with van der Waals surface area (Å²) in [5.41, 5.74) is 0. The maximum absolute atomic E-state index is 11.2. The van der Waals surface area contributed by atoms with Crippen molar-refractivity contribution in [3.8, 4) is 0 Å². The van der Waals surface area contributed by atoms with Crippen molar-refractivity contribution >= 4 is 5.91 Å². The molecule has 0 aliphatic carbocycles. The summed E-state index contributed by atoms with van der Waals surface area (Å²) in [4.78, 5) is 11.2. The molecule has 0 saturated heterocycles. The number of rotatable bonds is 6. The minimum absolute atomic E-state index is 0.0223. The van der Waals surface area contributed by atoms with Gasteiger partial charge < -0.3 is 15.2 Å². The number of methoxy groups -OCH3 is 1. The number of aliphatic hydroxyl groups is 1. The molecule has 0 aromatic heterocycles. The Hall–Kier alpha value is -0.610. The zero-order valence-corrected chi connectivity index (χ0v) is 8.54. The van der Waals surface area contributed by atoms with Gasteiger partial charge in [0.15, 0.2) is 0 Å². The number of ether oxygens (including phenoxy) is 1. The highest BCUT2D eigenvalue weighted by Gasteiger charge is 2.07. The molecule has 0 fully saturated rings. The third-order valence-corrected chi connectivity index (χ3v) is 1.86. The summed E-state index contributed by atoms with van der Waals surface area (Å²) < 4.78 is 5.00. The van der Waals surface area contributed by atoms with E-state index in [0.717, 1.165) is 0 Å². The van der Waals surface area contributed by atoms with E-state index in [1.165, 1.54) is 0 Å². The van der Waals surface area contributed by atoms with Crippen molar-refractivity contribution in [1.29, 1.82) is 0 Å². The van der Waals surface area contributed by atoms with Crippen LogP contribution >= 0.6 is 0 Å². The van der Waals surface area contributed by atoms with Crippen LogP contribution < -0.4 is 5.32 Å². The Labute approximate surface area is 79.3 Å². The summed E-state index contributed by atoms with van der Waals surface area (Å²) in [6, 6.07) is -0.162. The molecule has 0 aromatic carbocycles. The van der Waals surface area contributed by atoms with E-state index >= 15 is 0 Å². The van der Waals surface area contributed by atoms with Crippen LogP contribution in [0.4, 0.5) is 0 Å². The Balaban J connectivity index is 3.51. The number of carbonyl (C=O) groups is 1. The lowest BCUT2D eigenvalue weighted by Crippen LogP contribution is -2.35. The van der Waals surface area contributed by atoms with Crippen molar-refractivity contribution in [2.75, 3.05) is 13.7 Å². The van der Waals surface area contributed by atoms with Crippen LogP contribution in [-0.2, 0) is 9.53 Å². The number of hydrogen-bond acceptors (Lipinski definition) is 3. The number of nitrogens with one attached hydrogen (secondary N) is 1. The maximum Gasteiger partial charge on any atom is 0.220 e. The van der Waals surface area contributed by atoms with Crippen LogP contribution in [0.2, 0.25) is 0 Å². The molecule has 0 aliphatic heterocycles. The van der Waals surface area contributed by atoms with E-state index in [0.29, 0.717) is 12.8 Å². The second-order valence-electron chi connectivity index (χ2n) is 3.24. The number of aliphatic hydroxyl groups excluding tert-OH is 1. The molecule has 0 saturated carbocycles. The molecule has 4 heteroatoms. The lowest BCUT2D eigenvalue weighted by atomic mass is 10.2. The molecule has 0 heterocycles. The first-order chi connectivity index (χ1) is 6.10. The number of carbonyl (C=O) groups excluding carboxylic acids is 1. The number of hydrogen-bond donors (Lipinski definition) is 2. The van der Waals surface area contributed by atoms with E-state index in [9.17, 15) is 4.79 Å². The van der Waals surface area contributed by atoms with Crippen molar-refractivity contribution in [2.45, 2.75) is 38.8 Å². The molecule has 0 rings (SSSR count). The van der Waals surface area contributed by atoms with Gasteiger partial charge in [-0.15, -0.1) is 0 Å². The monoisotopic (exact) mass is 189 g/mol. The first kappa shape index (κ1) is 12.4. The highest BCUT2D eigenvalue weighted by molar-refractivity contribution is 5.76. The fraction of sp³-hybridized carbons (Fsp3) is 0.889. The van der Waals surface area contributed by atoms with Gasteiger partial charge in [0.05, 0.1) is 12.7 Å². The molecule has 2 N–H and O–H groups in total. The van der Waals surface area contributed by atoms with Gasteiger partial charge >= 0.3 is 0 Å². The van der Waals surface area contributed by atoms with Gasteiger partial charge in [-0.25, -0.2) is 0 Å². The summed E-state index contributed by atoms with van der Waals surface area (Å²) in [6.07, 6.45) is 1.26. The molecule has 4 nitrogen and oxygen atoms in total. The molecule has 0 aliphatic rings. The van der Waals surface area contributed by atoms with E-state index < -0.39 is 0 Å². The van der Waals surface area contributed by atoms with Crippen LogP contribution in [0.1, 0.15) is 26.7 Å². The van der Waals surface area contributed by atoms with Crippen molar-refractivity contribution in [1.82, 2.24) is 5.32 Å². The molecule has 0 spiro atoms. The zero-order chi connectivity index (χ0) is 10.3. The Morgan fingerprint density at radius 3 is 2.62 bits per heavy atom. The first-order valence-corrected chi connectivity index (χ1v) is 4.53. The molecule has 13 heavy (non-hydrogen) atoms. The third-order valence-electron chi connectivity index (χ3n) is 1.86. The minimum atomic E-state index is -0.162. The molecule has 1 unspecified atom stereocenters. The molecule has 0 aromatic rings. The molecular weight excluding hydrogens is 170 g/mol. The van der Waals surface area contributed by atoms with Gasteiger partial charge in [-0.05, 0) is 20.3 Å². The lowest BCUT2D eigenvalue weighted by molar-refractivity contribution is -0.122. The molecule has 1 amide bonds. The Kier molecular flexibility index (Phi) is 6.54. The molecular formula is C9H19NO3. The van der Waals surface area contributed by atoms with Crippen molar-refractivity contribution in [3.63, 3.8) is 0 Å². The summed E-state index contributed by atoms with van der Waals surface area (Å²) in [6.45, 7) is 3.66. The van der Waals surface area contributed by atoms with Gasteiger partial charge in [0.25, 0.3) is 0 Å². The molecule has 2 atom stereocenters. The van der Waals surface area contributed by atoms with E-state index in [2.05, 4.69) is 5.32 Å². The van der Waals surface area contributed by atoms with Crippen LogP contribution in [0.25, 0.3) is 0 Å². The van der Waals surface area contributed by atoms with E-state index in [1.54, 1.807) is 14.0 Å². The van der Waals surface area contributed by atoms with Gasteiger partial charge in [-0.2, -0.15) is 0 Å². The van der Waals surface area contributed by atoms with Crippen LogP contribution in [-0.4, -0.2) is 36.9 Å². The van der Waals surface area contributed by atoms with Gasteiger partial charge in [0, 0.05) is 19.6 Å². The average Bonchev–Trinajstić information content (AvgIpc) is 2.13. The first-order valence-electron chi connectivity index (χ1n) is 4.53. The summed E-state index contributed by atoms with van der Waals surface area (Å²) in [7, 11) is 1.62. The second kappa shape index (κ2) is 6.86. The lowest BCUT2D eigenvalue weighted by Gasteiger charge is -2.12. The highest BCUT2D eigenvalue weighted by atomic mass is 16.5. The molecule has 0 bridgehead atoms. The van der Waals surface area contributed by atoms with Gasteiger partial charge in [0.2, 0.25) is 5.91 Å². The van der Waals surface area contributed by atoms with E-state index in [1.807, 2.05) is 6.92 Å². The van der Waals surface area contributed by atoms with E-state index in [-0.39, 0.29) is 24.7 Å². The minimum Gasteiger partial charge on any atom is -0.394 e. The Morgan fingerprint density at radius 2 is 2.15 bits per heavy atom. The van der Waals surface area contributed by atoms with Crippen LogP contribution in [0.3, 0.4) is 0 Å². The van der Waals surface area contributed by atoms with Gasteiger partial charge in [-0.1, -0.05) is 0 Å². The largest absolute Gasteiger partial charge is 0.394 e. The van der Waals surface area contributed by atoms with Crippen LogP contribution in [0.15, 0.2) is 0 Å². The van der Waals surface area contributed by atoms with Crippen molar-refractivity contribution < 1.29 is 14.6 Å². The van der Waals surface area contributed by atoms with E-state index in [4.69, 9.17) is 9.84 Å². The smallest absolute Gasteiger partial charge is 0.220 e. The number of amides is 1. The van der Waals surface area contributed by atoms with Crippen LogP contribution in [0, 0.1) is 0 Å². The highest BCUT2D eigenvalue weighted by Crippen LogP contribution is 1.99. The summed E-state index contributed by atoms with van der Waals surface area (Å²) in [5.74, 6) is -0.0366. The predicted octanol–water partition coefficient (Wildman–Crippen LogP) is 0.299. The summed E-state index contributed by atoms with van der Waals surface area (Å²) in [5, 5.41) is 11.3. The molecule has 78 valence electrons. The van der Waals surface area contributed by atoms with Crippen LogP contribution in [0.5, 0.6) is 0 Å². The third kappa shape index (κ3) is 6.54. The Morgan fingerprint density at radius 1 is 1.54 bits per heavy atom. The summed E-state index contributed by atoms with van der Waals surface area (Å²) >= 11 is 0. The normalized spacial score (nSPS) is 15.1. The quantitative estimate of drug-likeness (QED) is 0.631. The maximum atomic E-state index is 11.2. The molecule has 0 radical (unpaired) electrons. The van der Waals surface area contributed by atoms with Crippen molar-refractivity contribution in [3.05, 3.63) is 0 Å². The van der Waals surface area contributed by atoms with Crippen molar-refractivity contribution in [2.24, 2.45) is 0 Å². The zero-order valence-electron chi connectivity index (χ0n) is 8.54. The van der Waals surface area contributed by atoms with Gasteiger partial charge in [-0.3, -0.25) is 4.79 Å². The second-order valence-corrected chi connectivity index (χ2v) is 3.24. The fourth-order valence-electron chi connectivity index (χ4n) is 0.845. The predicted molar refractivity (Wildman–Crippen MR) is 50.4 cm³/mol. The standard InChI is InChI=1S/C9H19NO3/c1-7(6-11)10-9(12)5-4-8(2)13-3/h7-8,11H,4-6H2,1-3H3,(H,10,12)/t7-,8?/m1/s1. The Bertz CT molecular complexity index is 150. The SMILES string of the molecule is COC(C)CCC(=O)N[C@H](C)CO.